The fourth-order valence-corrected chi connectivity index (χ4v) is 7.51. The van der Waals surface area contributed by atoms with E-state index < -0.39 is 33.4 Å². The Labute approximate surface area is 229 Å². The highest BCUT2D eigenvalue weighted by atomic mass is 35.5. The molecular formula is C25H22Cl2N6O4S. The minimum absolute atomic E-state index is 0.0675. The van der Waals surface area contributed by atoms with E-state index in [2.05, 4.69) is 11.1 Å². The summed E-state index contributed by atoms with van der Waals surface area (Å²) in [6.45, 7) is 1.74. The molecule has 3 aromatic rings. The number of anilines is 2. The fraction of sp³-hybridized carbons (Fsp3) is 0.280. The summed E-state index contributed by atoms with van der Waals surface area (Å²) >= 11 is 12.4. The Morgan fingerprint density at radius 3 is 2.47 bits per heavy atom. The number of hydrogen-bond donors (Lipinski definition) is 1. The second-order valence-electron chi connectivity index (χ2n) is 9.44. The largest absolute Gasteiger partial charge is 0.368 e. The Kier molecular flexibility index (Phi) is 6.47. The predicted octanol–water partition coefficient (Wildman–Crippen LogP) is 3.34. The van der Waals surface area contributed by atoms with Gasteiger partial charge in [0, 0.05) is 23.0 Å². The van der Waals surface area contributed by atoms with Gasteiger partial charge in [0.1, 0.15) is 11.6 Å². The van der Waals surface area contributed by atoms with Crippen molar-refractivity contribution in [1.82, 2.24) is 13.9 Å². The molecule has 2 N–H and O–H groups in total. The molecule has 2 aliphatic rings. The lowest BCUT2D eigenvalue weighted by molar-refractivity contribution is -0.124. The van der Waals surface area contributed by atoms with Crippen LogP contribution in [0.3, 0.4) is 0 Å². The average molecular weight is 573 g/mol. The third-order valence-corrected chi connectivity index (χ3v) is 9.22. The summed E-state index contributed by atoms with van der Waals surface area (Å²) in [5.74, 6) is -1.12. The highest BCUT2D eigenvalue weighted by Crippen LogP contribution is 2.45. The van der Waals surface area contributed by atoms with E-state index in [4.69, 9.17) is 34.2 Å². The highest BCUT2D eigenvalue weighted by Gasteiger charge is 2.53. The van der Waals surface area contributed by atoms with E-state index in [0.29, 0.717) is 29.7 Å². The highest BCUT2D eigenvalue weighted by molar-refractivity contribution is 7.89. The first-order valence-electron chi connectivity index (χ1n) is 11.7. The molecule has 38 heavy (non-hydrogen) atoms. The van der Waals surface area contributed by atoms with Crippen LogP contribution < -0.4 is 10.6 Å². The number of rotatable bonds is 6. The molecule has 196 valence electrons. The van der Waals surface area contributed by atoms with E-state index in [0.717, 1.165) is 4.31 Å². The van der Waals surface area contributed by atoms with Gasteiger partial charge in [0.25, 0.3) is 15.9 Å². The van der Waals surface area contributed by atoms with Gasteiger partial charge in [-0.3, -0.25) is 14.2 Å². The SMILES string of the molecule is C[C@@]1(Cc2ccc(C#N)cc2)C(=O)N(c2cc(Cl)cc(Cl)c2)c2ncc(S(=O)(=O)N3CCCC3C(N)=O)n21. The Bertz CT molecular complexity index is 1600. The number of sulfonamides is 1. The van der Waals surface area contributed by atoms with Gasteiger partial charge in [0.2, 0.25) is 11.9 Å². The van der Waals surface area contributed by atoms with Gasteiger partial charge < -0.3 is 5.73 Å². The van der Waals surface area contributed by atoms with Gasteiger partial charge in [-0.2, -0.15) is 9.57 Å². The van der Waals surface area contributed by atoms with Crippen LogP contribution in [0.15, 0.2) is 53.7 Å². The van der Waals surface area contributed by atoms with Crippen molar-refractivity contribution in [3.8, 4) is 6.07 Å². The number of nitriles is 1. The lowest BCUT2D eigenvalue weighted by Crippen LogP contribution is -2.46. The molecule has 0 radical (unpaired) electrons. The number of hydrogen-bond acceptors (Lipinski definition) is 6. The summed E-state index contributed by atoms with van der Waals surface area (Å²) in [5.41, 5.74) is 5.53. The zero-order chi connectivity index (χ0) is 27.4. The number of nitrogens with two attached hydrogens (primary N) is 1. The monoisotopic (exact) mass is 572 g/mol. The smallest absolute Gasteiger partial charge is 0.261 e. The van der Waals surface area contributed by atoms with Crippen LogP contribution in [0.2, 0.25) is 10.0 Å². The molecule has 0 saturated carbocycles. The number of imidazole rings is 1. The Hall–Kier alpha value is -3.43. The van der Waals surface area contributed by atoms with Gasteiger partial charge in [0.05, 0.1) is 23.5 Å². The second kappa shape index (κ2) is 9.39. The van der Waals surface area contributed by atoms with Crippen LogP contribution >= 0.6 is 23.2 Å². The topological polar surface area (TPSA) is 142 Å². The third kappa shape index (κ3) is 4.14. The zero-order valence-electron chi connectivity index (χ0n) is 20.1. The Morgan fingerprint density at radius 1 is 1.21 bits per heavy atom. The number of nitrogens with zero attached hydrogens (tertiary/aromatic N) is 5. The van der Waals surface area contributed by atoms with Gasteiger partial charge in [-0.25, -0.2) is 18.3 Å². The zero-order valence-corrected chi connectivity index (χ0v) is 22.5. The molecular weight excluding hydrogens is 551 g/mol. The standard InChI is InChI=1S/C25H22Cl2N6O4S/c1-25(12-15-4-6-16(13-28)7-5-15)23(35)32(19-10-17(26)9-18(27)11-19)24-30-14-21(33(24)25)38(36,37)31-8-2-3-20(31)22(29)34/h4-7,9-11,14,20H,2-3,8,12H2,1H3,(H2,29,34)/t20?,25-/m1/s1. The molecule has 1 aromatic heterocycles. The molecule has 1 fully saturated rings. The number of halogens is 2. The maximum absolute atomic E-state index is 14.1. The van der Waals surface area contributed by atoms with Crippen molar-refractivity contribution < 1.29 is 18.0 Å². The minimum atomic E-state index is -4.28. The molecule has 2 aromatic carbocycles. The molecule has 0 bridgehead atoms. The van der Waals surface area contributed by atoms with Crippen LogP contribution in [0.25, 0.3) is 0 Å². The summed E-state index contributed by atoms with van der Waals surface area (Å²) in [5, 5.41) is 9.49. The molecule has 3 heterocycles. The lowest BCUT2D eigenvalue weighted by Gasteiger charge is -2.28. The van der Waals surface area contributed by atoms with Crippen LogP contribution in [-0.2, 0) is 31.6 Å². The van der Waals surface area contributed by atoms with Crippen LogP contribution in [0, 0.1) is 11.3 Å². The van der Waals surface area contributed by atoms with E-state index in [9.17, 15) is 18.0 Å². The number of carbonyl (C=O) groups excluding carboxylic acids is 2. The van der Waals surface area contributed by atoms with Crippen molar-refractivity contribution in [3.05, 3.63) is 69.8 Å². The predicted molar refractivity (Wildman–Crippen MR) is 140 cm³/mol. The van der Waals surface area contributed by atoms with Crippen LogP contribution in [0.4, 0.5) is 11.6 Å². The molecule has 5 rings (SSSR count). The number of primary amides is 1. The van der Waals surface area contributed by atoms with E-state index in [-0.39, 0.29) is 34.0 Å². The van der Waals surface area contributed by atoms with Gasteiger partial charge in [-0.05, 0) is 55.7 Å². The summed E-state index contributed by atoms with van der Waals surface area (Å²) < 4.78 is 30.3. The molecule has 2 atom stereocenters. The molecule has 1 saturated heterocycles. The Balaban J connectivity index is 1.69. The van der Waals surface area contributed by atoms with Crippen LogP contribution in [-0.4, -0.2) is 46.7 Å². The van der Waals surface area contributed by atoms with Crippen molar-refractivity contribution in [3.63, 3.8) is 0 Å². The van der Waals surface area contributed by atoms with Crippen molar-refractivity contribution in [2.45, 2.75) is 42.8 Å². The van der Waals surface area contributed by atoms with Crippen LogP contribution in [0.5, 0.6) is 0 Å². The third-order valence-electron chi connectivity index (χ3n) is 6.91. The van der Waals surface area contributed by atoms with Crippen molar-refractivity contribution >= 4 is 56.7 Å². The second-order valence-corrected chi connectivity index (χ2v) is 12.1. The van der Waals surface area contributed by atoms with Crippen molar-refractivity contribution in [1.29, 1.82) is 5.26 Å². The number of aromatic nitrogens is 2. The average Bonchev–Trinajstić information content (AvgIpc) is 3.57. The van der Waals surface area contributed by atoms with Gasteiger partial charge >= 0.3 is 0 Å². The number of amides is 2. The molecule has 1 unspecified atom stereocenters. The summed E-state index contributed by atoms with van der Waals surface area (Å²) in [6, 6.07) is 12.3. The molecule has 0 aliphatic carbocycles. The molecule has 0 spiro atoms. The van der Waals surface area contributed by atoms with Gasteiger partial charge in [-0.15, -0.1) is 0 Å². The lowest BCUT2D eigenvalue weighted by atomic mass is 9.91. The number of carbonyl (C=O) groups is 2. The molecule has 2 amide bonds. The first kappa shape index (κ1) is 26.2. The maximum atomic E-state index is 14.1. The summed E-state index contributed by atoms with van der Waals surface area (Å²) in [4.78, 5) is 31.8. The van der Waals surface area contributed by atoms with E-state index >= 15 is 0 Å². The van der Waals surface area contributed by atoms with Crippen LogP contribution in [0.1, 0.15) is 30.9 Å². The van der Waals surface area contributed by atoms with E-state index in [1.807, 2.05) is 0 Å². The normalized spacial score (nSPS) is 21.5. The van der Waals surface area contributed by atoms with Gasteiger partial charge in [0.15, 0.2) is 5.03 Å². The quantitative estimate of drug-likeness (QED) is 0.480. The molecule has 13 heteroatoms. The van der Waals surface area contributed by atoms with Crippen molar-refractivity contribution in [2.75, 3.05) is 11.4 Å². The first-order valence-corrected chi connectivity index (χ1v) is 13.9. The van der Waals surface area contributed by atoms with E-state index in [1.165, 1.54) is 33.9 Å². The van der Waals surface area contributed by atoms with Crippen molar-refractivity contribution in [2.24, 2.45) is 5.73 Å². The van der Waals surface area contributed by atoms with Gasteiger partial charge in [-0.1, -0.05) is 35.3 Å². The van der Waals surface area contributed by atoms with E-state index in [1.54, 1.807) is 31.2 Å². The molecule has 10 nitrogen and oxygen atoms in total. The first-order chi connectivity index (χ1) is 18.0. The number of fused-ring (bicyclic) bond motifs is 1. The Morgan fingerprint density at radius 2 is 1.87 bits per heavy atom. The summed E-state index contributed by atoms with van der Waals surface area (Å²) in [7, 11) is -4.28. The number of benzene rings is 2. The fourth-order valence-electron chi connectivity index (χ4n) is 5.14. The minimum Gasteiger partial charge on any atom is -0.368 e. The maximum Gasteiger partial charge on any atom is 0.261 e. The molecule has 2 aliphatic heterocycles. The summed E-state index contributed by atoms with van der Waals surface area (Å²) in [6.07, 6.45) is 2.06.